The lowest BCUT2D eigenvalue weighted by Gasteiger charge is -2.48. The van der Waals surface area contributed by atoms with Gasteiger partial charge in [0.05, 0.1) is 0 Å². The summed E-state index contributed by atoms with van der Waals surface area (Å²) in [6.45, 7) is 9.04. The summed E-state index contributed by atoms with van der Waals surface area (Å²) in [5, 5.41) is 2.91. The highest BCUT2D eigenvalue weighted by Crippen LogP contribution is 2.47. The summed E-state index contributed by atoms with van der Waals surface area (Å²) in [7, 11) is 1.89. The maximum Gasteiger partial charge on any atom is 0.258 e. The minimum atomic E-state index is -0.525. The quantitative estimate of drug-likeness (QED) is 0.627. The van der Waals surface area contributed by atoms with E-state index in [1.165, 1.54) is 0 Å². The van der Waals surface area contributed by atoms with Crippen LogP contribution in [0.15, 0.2) is 30.3 Å². The highest BCUT2D eigenvalue weighted by Gasteiger charge is 2.41. The summed E-state index contributed by atoms with van der Waals surface area (Å²) >= 11 is 1.68. The standard InChI is InChI=1S/C24H38N2O3S/c1-23(2)14-18(15-24(3,4)17-23)26(5)22(28)20(12-13-30-6)25-21(27)16-29-19-10-8-7-9-11-19/h7-11,18,20H,12-17H2,1-6H3,(H,25,27). The third kappa shape index (κ3) is 7.53. The average molecular weight is 435 g/mol. The fourth-order valence-corrected chi connectivity index (χ4v) is 5.35. The Labute approximate surface area is 186 Å². The zero-order chi connectivity index (χ0) is 22.4. The molecule has 0 aliphatic heterocycles. The smallest absolute Gasteiger partial charge is 0.258 e. The Hall–Kier alpha value is -1.69. The predicted molar refractivity (Wildman–Crippen MR) is 125 cm³/mol. The third-order valence-corrected chi connectivity index (χ3v) is 6.43. The molecule has 6 heteroatoms. The van der Waals surface area contributed by atoms with Gasteiger partial charge in [0.2, 0.25) is 5.91 Å². The van der Waals surface area contributed by atoms with E-state index in [0.29, 0.717) is 12.2 Å². The van der Waals surface area contributed by atoms with Crippen LogP contribution in [-0.4, -0.2) is 54.5 Å². The maximum atomic E-state index is 13.3. The summed E-state index contributed by atoms with van der Waals surface area (Å²) in [6, 6.07) is 8.90. The Kier molecular flexibility index (Phi) is 8.65. The van der Waals surface area contributed by atoms with Gasteiger partial charge in [-0.15, -0.1) is 0 Å². The Morgan fingerprint density at radius 3 is 2.33 bits per heavy atom. The number of carbonyl (C=O) groups is 2. The van der Waals surface area contributed by atoms with Crippen LogP contribution in [0, 0.1) is 10.8 Å². The summed E-state index contributed by atoms with van der Waals surface area (Å²) in [5.41, 5.74) is 0.394. The molecule has 1 atom stereocenters. The second-order valence-corrected chi connectivity index (χ2v) is 11.0. The molecule has 2 amide bonds. The fourth-order valence-electron chi connectivity index (χ4n) is 4.88. The van der Waals surface area contributed by atoms with Gasteiger partial charge in [0.1, 0.15) is 11.8 Å². The number of nitrogens with one attached hydrogen (secondary N) is 1. The lowest BCUT2D eigenvalue weighted by molar-refractivity contribution is -0.139. The summed E-state index contributed by atoms with van der Waals surface area (Å²) in [4.78, 5) is 27.7. The lowest BCUT2D eigenvalue weighted by Crippen LogP contribution is -2.54. The van der Waals surface area contributed by atoms with Gasteiger partial charge >= 0.3 is 0 Å². The first kappa shape index (κ1) is 24.6. The third-order valence-electron chi connectivity index (χ3n) is 5.79. The molecule has 1 saturated carbocycles. The molecule has 0 radical (unpaired) electrons. The van der Waals surface area contributed by atoms with E-state index in [4.69, 9.17) is 4.74 Å². The number of rotatable bonds is 9. The molecular formula is C24H38N2O3S. The SMILES string of the molecule is CSCCC(NC(=O)COc1ccccc1)C(=O)N(C)C1CC(C)(C)CC(C)(C)C1. The number of ether oxygens (including phenoxy) is 1. The van der Waals surface area contributed by atoms with E-state index < -0.39 is 6.04 Å². The Balaban J connectivity index is 2.01. The van der Waals surface area contributed by atoms with Crippen molar-refractivity contribution in [2.24, 2.45) is 10.8 Å². The minimum Gasteiger partial charge on any atom is -0.484 e. The van der Waals surface area contributed by atoms with Gasteiger partial charge < -0.3 is 15.0 Å². The summed E-state index contributed by atoms with van der Waals surface area (Å²) in [6.07, 6.45) is 5.75. The van der Waals surface area contributed by atoms with Gasteiger partial charge in [-0.05, 0) is 60.7 Å². The number of likely N-dealkylation sites (N-methyl/N-ethyl adjacent to an activating group) is 1. The average Bonchev–Trinajstić information content (AvgIpc) is 2.66. The summed E-state index contributed by atoms with van der Waals surface area (Å²) < 4.78 is 5.54. The molecule has 1 unspecified atom stereocenters. The van der Waals surface area contributed by atoms with E-state index in [0.717, 1.165) is 25.0 Å². The van der Waals surface area contributed by atoms with E-state index in [-0.39, 0.29) is 35.3 Å². The van der Waals surface area contributed by atoms with E-state index >= 15 is 0 Å². The fraction of sp³-hybridized carbons (Fsp3) is 0.667. The van der Waals surface area contributed by atoms with Crippen LogP contribution in [0.3, 0.4) is 0 Å². The van der Waals surface area contributed by atoms with E-state index in [9.17, 15) is 9.59 Å². The molecule has 5 nitrogen and oxygen atoms in total. The molecule has 0 spiro atoms. The molecule has 30 heavy (non-hydrogen) atoms. The Morgan fingerprint density at radius 2 is 1.77 bits per heavy atom. The molecule has 168 valence electrons. The van der Waals surface area contributed by atoms with Crippen LogP contribution in [0.1, 0.15) is 53.4 Å². The first-order valence-electron chi connectivity index (χ1n) is 10.8. The van der Waals surface area contributed by atoms with Crippen molar-refractivity contribution >= 4 is 23.6 Å². The molecule has 1 aromatic rings. The Bertz CT molecular complexity index is 690. The first-order valence-corrected chi connectivity index (χ1v) is 12.2. The first-order chi connectivity index (χ1) is 14.0. The van der Waals surface area contributed by atoms with Crippen molar-refractivity contribution in [1.82, 2.24) is 10.2 Å². The molecule has 0 heterocycles. The molecular weight excluding hydrogens is 396 g/mol. The zero-order valence-electron chi connectivity index (χ0n) is 19.4. The molecule has 1 aromatic carbocycles. The lowest BCUT2D eigenvalue weighted by atomic mass is 9.63. The molecule has 1 aliphatic rings. The minimum absolute atomic E-state index is 0.00406. The van der Waals surface area contributed by atoms with Crippen LogP contribution in [0.4, 0.5) is 0 Å². The predicted octanol–water partition coefficient (Wildman–Crippen LogP) is 4.37. The second kappa shape index (κ2) is 10.6. The van der Waals surface area contributed by atoms with Crippen LogP contribution in [0.25, 0.3) is 0 Å². The number of hydrogen-bond acceptors (Lipinski definition) is 4. The van der Waals surface area contributed by atoms with Crippen LogP contribution < -0.4 is 10.1 Å². The van der Waals surface area contributed by atoms with Gasteiger partial charge in [-0.1, -0.05) is 45.9 Å². The van der Waals surface area contributed by atoms with Crippen molar-refractivity contribution in [3.8, 4) is 5.75 Å². The van der Waals surface area contributed by atoms with Crippen molar-refractivity contribution in [2.75, 3.05) is 25.7 Å². The molecule has 0 saturated heterocycles. The molecule has 0 aromatic heterocycles. The number of benzene rings is 1. The summed E-state index contributed by atoms with van der Waals surface area (Å²) in [5.74, 6) is 1.18. The molecule has 1 fully saturated rings. The molecule has 2 rings (SSSR count). The number of carbonyl (C=O) groups excluding carboxylic acids is 2. The normalized spacial score (nSPS) is 19.0. The number of nitrogens with zero attached hydrogens (tertiary/aromatic N) is 1. The van der Waals surface area contributed by atoms with Gasteiger partial charge in [-0.2, -0.15) is 11.8 Å². The highest BCUT2D eigenvalue weighted by molar-refractivity contribution is 7.98. The monoisotopic (exact) mass is 434 g/mol. The van der Waals surface area contributed by atoms with Gasteiger partial charge in [-0.25, -0.2) is 0 Å². The number of para-hydroxylation sites is 1. The topological polar surface area (TPSA) is 58.6 Å². The van der Waals surface area contributed by atoms with Crippen molar-refractivity contribution in [3.05, 3.63) is 30.3 Å². The van der Waals surface area contributed by atoms with Crippen LogP contribution in [-0.2, 0) is 9.59 Å². The highest BCUT2D eigenvalue weighted by atomic mass is 32.2. The van der Waals surface area contributed by atoms with Crippen LogP contribution in [0.2, 0.25) is 0 Å². The van der Waals surface area contributed by atoms with Gasteiger partial charge in [-0.3, -0.25) is 9.59 Å². The molecule has 1 N–H and O–H groups in total. The second-order valence-electron chi connectivity index (χ2n) is 10.0. The largest absolute Gasteiger partial charge is 0.484 e. The van der Waals surface area contributed by atoms with Crippen molar-refractivity contribution in [1.29, 1.82) is 0 Å². The number of thioether (sulfide) groups is 1. The molecule has 0 bridgehead atoms. The molecule has 1 aliphatic carbocycles. The maximum absolute atomic E-state index is 13.3. The van der Waals surface area contributed by atoms with Crippen molar-refractivity contribution in [2.45, 2.75) is 65.5 Å². The Morgan fingerprint density at radius 1 is 1.17 bits per heavy atom. The van der Waals surface area contributed by atoms with E-state index in [1.54, 1.807) is 11.8 Å². The number of amides is 2. The van der Waals surface area contributed by atoms with Gasteiger partial charge in [0, 0.05) is 13.1 Å². The van der Waals surface area contributed by atoms with E-state index in [1.807, 2.05) is 48.5 Å². The van der Waals surface area contributed by atoms with Crippen molar-refractivity contribution < 1.29 is 14.3 Å². The van der Waals surface area contributed by atoms with Crippen LogP contribution >= 0.6 is 11.8 Å². The number of hydrogen-bond donors (Lipinski definition) is 1. The zero-order valence-corrected chi connectivity index (χ0v) is 20.2. The van der Waals surface area contributed by atoms with E-state index in [2.05, 4.69) is 33.0 Å². The van der Waals surface area contributed by atoms with Crippen molar-refractivity contribution in [3.63, 3.8) is 0 Å². The van der Waals surface area contributed by atoms with Gasteiger partial charge in [0.15, 0.2) is 6.61 Å². The van der Waals surface area contributed by atoms with Gasteiger partial charge in [0.25, 0.3) is 5.91 Å². The van der Waals surface area contributed by atoms with Crippen LogP contribution in [0.5, 0.6) is 5.75 Å².